The van der Waals surface area contributed by atoms with Gasteiger partial charge in [0.15, 0.2) is 0 Å². The van der Waals surface area contributed by atoms with Crippen molar-refractivity contribution in [2.75, 3.05) is 40.0 Å². The molecule has 1 heterocycles. The van der Waals surface area contributed by atoms with Gasteiger partial charge in [-0.15, -0.1) is 0 Å². The molecule has 154 valence electrons. The second-order valence-electron chi connectivity index (χ2n) is 6.96. The number of rotatable bonds is 9. The molecule has 1 fully saturated rings. The summed E-state index contributed by atoms with van der Waals surface area (Å²) >= 11 is 0. The molecule has 0 aromatic heterocycles. The zero-order valence-electron chi connectivity index (χ0n) is 16.6. The number of nitrogens with one attached hydrogen (secondary N) is 1. The maximum atomic E-state index is 13.0. The Kier molecular flexibility index (Phi) is 8.25. The van der Waals surface area contributed by atoms with E-state index in [1.807, 2.05) is 13.8 Å². The quantitative estimate of drug-likeness (QED) is 0.502. The van der Waals surface area contributed by atoms with Crippen molar-refractivity contribution in [2.45, 2.75) is 26.3 Å². The van der Waals surface area contributed by atoms with Crippen molar-refractivity contribution < 1.29 is 28.6 Å². The number of carbonyl (C=O) groups excluding carboxylic acids is 3. The van der Waals surface area contributed by atoms with Crippen molar-refractivity contribution >= 4 is 17.8 Å². The molecule has 8 nitrogen and oxygen atoms in total. The lowest BCUT2D eigenvalue weighted by molar-refractivity contribution is -0.148. The maximum absolute atomic E-state index is 13.0. The number of piperazine rings is 1. The predicted octanol–water partition coefficient (Wildman–Crippen LogP) is 1.24. The van der Waals surface area contributed by atoms with Gasteiger partial charge in [-0.05, 0) is 24.1 Å². The van der Waals surface area contributed by atoms with Crippen molar-refractivity contribution in [3.63, 3.8) is 0 Å². The van der Waals surface area contributed by atoms with Crippen LogP contribution in [0, 0.1) is 5.92 Å². The molecule has 0 spiro atoms. The largest absolute Gasteiger partial charge is 0.493 e. The molecule has 1 aromatic carbocycles. The van der Waals surface area contributed by atoms with Crippen LogP contribution in [0.1, 0.15) is 30.6 Å². The third kappa shape index (κ3) is 6.23. The van der Waals surface area contributed by atoms with Gasteiger partial charge >= 0.3 is 5.97 Å². The Morgan fingerprint density at radius 2 is 2.07 bits per heavy atom. The van der Waals surface area contributed by atoms with Crippen LogP contribution in [0.4, 0.5) is 0 Å². The number of carbonyl (C=O) groups is 3. The fraction of sp³-hybridized carbons (Fsp3) is 0.550. The first-order chi connectivity index (χ1) is 13.4. The Hall–Kier alpha value is -2.61. The van der Waals surface area contributed by atoms with E-state index < -0.39 is 12.0 Å². The Labute approximate surface area is 165 Å². The molecule has 2 amide bonds. The normalized spacial score (nSPS) is 16.6. The van der Waals surface area contributed by atoms with Crippen LogP contribution < -0.4 is 10.1 Å². The van der Waals surface area contributed by atoms with Crippen LogP contribution in [0.5, 0.6) is 5.75 Å². The van der Waals surface area contributed by atoms with Gasteiger partial charge in [0.25, 0.3) is 5.91 Å². The van der Waals surface area contributed by atoms with Crippen LogP contribution >= 0.6 is 0 Å². The number of nitrogens with zero attached hydrogens (tertiary/aromatic N) is 1. The van der Waals surface area contributed by atoms with E-state index >= 15 is 0 Å². The third-order valence-corrected chi connectivity index (χ3v) is 4.17. The van der Waals surface area contributed by atoms with Gasteiger partial charge in [0.1, 0.15) is 18.4 Å². The highest BCUT2D eigenvalue weighted by Crippen LogP contribution is 2.19. The first-order valence-corrected chi connectivity index (χ1v) is 9.38. The van der Waals surface area contributed by atoms with Gasteiger partial charge in [0, 0.05) is 25.8 Å². The van der Waals surface area contributed by atoms with Crippen LogP contribution in [0.3, 0.4) is 0 Å². The number of esters is 1. The number of amides is 2. The lowest BCUT2D eigenvalue weighted by Gasteiger charge is -2.34. The molecule has 1 aromatic rings. The molecule has 0 aliphatic carbocycles. The minimum absolute atomic E-state index is 0.104. The molecule has 2 rings (SSSR count). The summed E-state index contributed by atoms with van der Waals surface area (Å²) in [6, 6.07) is 5.95. The molecule has 1 unspecified atom stereocenters. The second-order valence-corrected chi connectivity index (χ2v) is 6.96. The molecule has 1 aliphatic rings. The molecule has 1 aliphatic heterocycles. The van der Waals surface area contributed by atoms with Gasteiger partial charge in [-0.3, -0.25) is 14.4 Å². The smallest absolute Gasteiger partial charge is 0.308 e. The van der Waals surface area contributed by atoms with E-state index in [0.717, 1.165) is 0 Å². The second kappa shape index (κ2) is 10.7. The Morgan fingerprint density at radius 3 is 2.79 bits per heavy atom. The van der Waals surface area contributed by atoms with Crippen LogP contribution in [0.2, 0.25) is 0 Å². The van der Waals surface area contributed by atoms with Crippen molar-refractivity contribution in [2.24, 2.45) is 5.92 Å². The number of benzene rings is 1. The van der Waals surface area contributed by atoms with Gasteiger partial charge in [-0.25, -0.2) is 0 Å². The molecule has 1 atom stereocenters. The van der Waals surface area contributed by atoms with Crippen molar-refractivity contribution in [3.8, 4) is 5.75 Å². The molecule has 1 saturated heterocycles. The van der Waals surface area contributed by atoms with Crippen molar-refractivity contribution in [1.29, 1.82) is 0 Å². The van der Waals surface area contributed by atoms with Crippen molar-refractivity contribution in [1.82, 2.24) is 10.2 Å². The van der Waals surface area contributed by atoms with E-state index in [9.17, 15) is 14.4 Å². The highest BCUT2D eigenvalue weighted by atomic mass is 16.6. The molecule has 0 saturated carbocycles. The SMILES string of the molecule is COCCOC(=O)CC1C(=O)NCCN1C(=O)c1cccc(OCC(C)C)c1. The maximum Gasteiger partial charge on any atom is 0.308 e. The van der Waals surface area contributed by atoms with Gasteiger partial charge in [-0.1, -0.05) is 19.9 Å². The fourth-order valence-corrected chi connectivity index (χ4v) is 2.76. The van der Waals surface area contributed by atoms with E-state index in [-0.39, 0.29) is 31.4 Å². The minimum Gasteiger partial charge on any atom is -0.493 e. The van der Waals surface area contributed by atoms with Crippen LogP contribution in [0.15, 0.2) is 24.3 Å². The first-order valence-electron chi connectivity index (χ1n) is 9.38. The van der Waals surface area contributed by atoms with Gasteiger partial charge in [-0.2, -0.15) is 0 Å². The highest BCUT2D eigenvalue weighted by molar-refractivity contribution is 5.99. The molecule has 0 bridgehead atoms. The van der Waals surface area contributed by atoms with Crippen LogP contribution in [-0.4, -0.2) is 68.7 Å². The van der Waals surface area contributed by atoms with E-state index in [1.54, 1.807) is 24.3 Å². The third-order valence-electron chi connectivity index (χ3n) is 4.17. The summed E-state index contributed by atoms with van der Waals surface area (Å²) in [5, 5.41) is 2.70. The minimum atomic E-state index is -0.906. The summed E-state index contributed by atoms with van der Waals surface area (Å²) in [6.45, 7) is 5.65. The monoisotopic (exact) mass is 392 g/mol. The predicted molar refractivity (Wildman–Crippen MR) is 102 cm³/mol. The molecule has 8 heteroatoms. The topological polar surface area (TPSA) is 94.2 Å². The average molecular weight is 392 g/mol. The van der Waals surface area contributed by atoms with E-state index in [4.69, 9.17) is 14.2 Å². The summed E-state index contributed by atoms with van der Waals surface area (Å²) in [5.74, 6) is -0.281. The Balaban J connectivity index is 2.09. The molecule has 1 N–H and O–H groups in total. The van der Waals surface area contributed by atoms with Gasteiger partial charge in [0.2, 0.25) is 5.91 Å². The van der Waals surface area contributed by atoms with Crippen LogP contribution in [-0.2, 0) is 19.1 Å². The highest BCUT2D eigenvalue weighted by Gasteiger charge is 2.35. The molecular weight excluding hydrogens is 364 g/mol. The Morgan fingerprint density at radius 1 is 1.29 bits per heavy atom. The van der Waals surface area contributed by atoms with E-state index in [1.165, 1.54) is 12.0 Å². The zero-order chi connectivity index (χ0) is 20.5. The summed E-state index contributed by atoms with van der Waals surface area (Å²) in [6.07, 6.45) is -0.204. The average Bonchev–Trinajstić information content (AvgIpc) is 2.68. The summed E-state index contributed by atoms with van der Waals surface area (Å²) in [5.41, 5.74) is 0.411. The van der Waals surface area contributed by atoms with Gasteiger partial charge < -0.3 is 24.4 Å². The standard InChI is InChI=1S/C20H28N2O6/c1-14(2)13-28-16-6-4-5-15(11-16)20(25)22-8-7-21-19(24)17(22)12-18(23)27-10-9-26-3/h4-6,11,14,17H,7-10,12-13H2,1-3H3,(H,21,24). The van der Waals surface area contributed by atoms with E-state index in [0.29, 0.717) is 36.9 Å². The number of hydrogen-bond donors (Lipinski definition) is 1. The summed E-state index contributed by atoms with van der Waals surface area (Å²) < 4.78 is 15.5. The number of methoxy groups -OCH3 is 1. The van der Waals surface area contributed by atoms with Crippen molar-refractivity contribution in [3.05, 3.63) is 29.8 Å². The summed E-state index contributed by atoms with van der Waals surface area (Å²) in [7, 11) is 1.50. The first kappa shape index (κ1) is 21.7. The summed E-state index contributed by atoms with van der Waals surface area (Å²) in [4.78, 5) is 38.7. The van der Waals surface area contributed by atoms with Gasteiger partial charge in [0.05, 0.1) is 19.6 Å². The fourth-order valence-electron chi connectivity index (χ4n) is 2.76. The number of hydrogen-bond acceptors (Lipinski definition) is 6. The lowest BCUT2D eigenvalue weighted by atomic mass is 10.1. The number of ether oxygens (including phenoxy) is 3. The lowest BCUT2D eigenvalue weighted by Crippen LogP contribution is -2.57. The molecular formula is C20H28N2O6. The molecule has 0 radical (unpaired) electrons. The Bertz CT molecular complexity index is 691. The van der Waals surface area contributed by atoms with E-state index in [2.05, 4.69) is 5.32 Å². The molecule has 28 heavy (non-hydrogen) atoms. The van der Waals surface area contributed by atoms with Crippen LogP contribution in [0.25, 0.3) is 0 Å². The zero-order valence-corrected chi connectivity index (χ0v) is 16.6.